The number of rotatable bonds is 9. The van der Waals surface area contributed by atoms with Crippen LogP contribution in [-0.4, -0.2) is 52.2 Å². The van der Waals surface area contributed by atoms with Crippen LogP contribution in [0.15, 0.2) is 78.9 Å². The number of ether oxygens (including phenoxy) is 2. The standard InChI is InChI=1S/C33H41N3O6/c1-32(2,3)36(30(39)27(20-22-12-9-8-10-13-22)35-31(40)42-33(4,5)6)28(23-14-11-15-25(37)21-23)29(38)34-24-16-18-26(41-7)19-17-24/h8-19,21,27-28,37H,20H2,1-7H3,(H,34,38)(H,35,40). The number of nitrogens with zero attached hydrogens (tertiary/aromatic N) is 1. The fraction of sp³-hybridized carbons (Fsp3) is 0.364. The smallest absolute Gasteiger partial charge is 0.408 e. The Hall–Kier alpha value is -4.53. The molecule has 0 heterocycles. The molecule has 0 fully saturated rings. The number of carbonyl (C=O) groups excluding carboxylic acids is 3. The van der Waals surface area contributed by atoms with Gasteiger partial charge in [-0.3, -0.25) is 9.59 Å². The Balaban J connectivity index is 2.08. The zero-order valence-corrected chi connectivity index (χ0v) is 25.3. The Kier molecular flexibility index (Phi) is 10.2. The zero-order valence-electron chi connectivity index (χ0n) is 25.3. The van der Waals surface area contributed by atoms with Crippen molar-refractivity contribution >= 4 is 23.6 Å². The molecule has 3 N–H and O–H groups in total. The van der Waals surface area contributed by atoms with Gasteiger partial charge in [0.25, 0.3) is 5.91 Å². The minimum Gasteiger partial charge on any atom is -0.508 e. The minimum absolute atomic E-state index is 0.0521. The van der Waals surface area contributed by atoms with Crippen molar-refractivity contribution in [2.75, 3.05) is 12.4 Å². The maximum Gasteiger partial charge on any atom is 0.408 e. The van der Waals surface area contributed by atoms with Crippen molar-refractivity contribution in [3.05, 3.63) is 90.0 Å². The number of hydrogen-bond donors (Lipinski definition) is 3. The Labute approximate surface area is 247 Å². The third kappa shape index (κ3) is 8.99. The monoisotopic (exact) mass is 575 g/mol. The average molecular weight is 576 g/mol. The van der Waals surface area contributed by atoms with Crippen molar-refractivity contribution in [1.29, 1.82) is 0 Å². The van der Waals surface area contributed by atoms with Gasteiger partial charge in [0.05, 0.1) is 7.11 Å². The van der Waals surface area contributed by atoms with Gasteiger partial charge in [-0.15, -0.1) is 0 Å². The van der Waals surface area contributed by atoms with Gasteiger partial charge in [-0.25, -0.2) is 4.79 Å². The topological polar surface area (TPSA) is 117 Å². The molecule has 42 heavy (non-hydrogen) atoms. The molecule has 3 rings (SSSR count). The highest BCUT2D eigenvalue weighted by Gasteiger charge is 2.42. The molecule has 3 aromatic carbocycles. The Bertz CT molecular complexity index is 1360. The first kappa shape index (κ1) is 32.0. The molecule has 0 aliphatic carbocycles. The third-order valence-corrected chi connectivity index (χ3v) is 6.28. The lowest BCUT2D eigenvalue weighted by Crippen LogP contribution is -2.58. The summed E-state index contributed by atoms with van der Waals surface area (Å²) >= 11 is 0. The first-order chi connectivity index (χ1) is 19.7. The van der Waals surface area contributed by atoms with Crippen LogP contribution in [0.3, 0.4) is 0 Å². The van der Waals surface area contributed by atoms with Crippen LogP contribution in [0.2, 0.25) is 0 Å². The molecule has 0 bridgehead atoms. The molecule has 0 aliphatic rings. The lowest BCUT2D eigenvalue weighted by Gasteiger charge is -2.43. The van der Waals surface area contributed by atoms with Crippen molar-refractivity contribution in [3.63, 3.8) is 0 Å². The fourth-order valence-corrected chi connectivity index (χ4v) is 4.51. The molecule has 0 aromatic heterocycles. The number of benzene rings is 3. The van der Waals surface area contributed by atoms with Crippen LogP contribution < -0.4 is 15.4 Å². The summed E-state index contributed by atoms with van der Waals surface area (Å²) in [6, 6.07) is 20.1. The highest BCUT2D eigenvalue weighted by atomic mass is 16.6. The molecule has 224 valence electrons. The van der Waals surface area contributed by atoms with Crippen LogP contribution in [0.4, 0.5) is 10.5 Å². The van der Waals surface area contributed by atoms with Crippen molar-refractivity contribution < 1.29 is 29.0 Å². The van der Waals surface area contributed by atoms with Gasteiger partial charge in [0.2, 0.25) is 5.91 Å². The largest absolute Gasteiger partial charge is 0.508 e. The van der Waals surface area contributed by atoms with Crippen LogP contribution in [0.5, 0.6) is 11.5 Å². The van der Waals surface area contributed by atoms with Crippen molar-refractivity contribution in [2.24, 2.45) is 0 Å². The van der Waals surface area contributed by atoms with E-state index in [1.165, 1.54) is 17.0 Å². The summed E-state index contributed by atoms with van der Waals surface area (Å²) in [5.41, 5.74) is 0.0447. The second kappa shape index (κ2) is 13.4. The van der Waals surface area contributed by atoms with E-state index >= 15 is 0 Å². The Morgan fingerprint density at radius 1 is 0.881 bits per heavy atom. The lowest BCUT2D eigenvalue weighted by molar-refractivity contribution is -0.146. The molecular weight excluding hydrogens is 534 g/mol. The molecule has 9 heteroatoms. The van der Waals surface area contributed by atoms with Crippen molar-refractivity contribution in [3.8, 4) is 11.5 Å². The van der Waals surface area contributed by atoms with E-state index in [2.05, 4.69) is 10.6 Å². The number of carbonyl (C=O) groups is 3. The molecule has 3 amide bonds. The summed E-state index contributed by atoms with van der Waals surface area (Å²) in [7, 11) is 1.55. The molecule has 0 saturated carbocycles. The quantitative estimate of drug-likeness (QED) is 0.295. The van der Waals surface area contributed by atoms with E-state index in [4.69, 9.17) is 9.47 Å². The summed E-state index contributed by atoms with van der Waals surface area (Å²) in [5.74, 6) is -0.412. The van der Waals surface area contributed by atoms with E-state index in [0.717, 1.165) is 5.56 Å². The van der Waals surface area contributed by atoms with Crippen LogP contribution in [0.1, 0.15) is 58.7 Å². The molecule has 3 aromatic rings. The lowest BCUT2D eigenvalue weighted by atomic mass is 9.94. The first-order valence-electron chi connectivity index (χ1n) is 13.8. The van der Waals surface area contributed by atoms with E-state index in [-0.39, 0.29) is 12.2 Å². The molecule has 0 radical (unpaired) electrons. The van der Waals surface area contributed by atoms with Gasteiger partial charge in [0, 0.05) is 17.6 Å². The van der Waals surface area contributed by atoms with Gasteiger partial charge in [-0.05, 0) is 89.1 Å². The van der Waals surface area contributed by atoms with Gasteiger partial charge in [0.1, 0.15) is 29.2 Å². The van der Waals surface area contributed by atoms with E-state index in [1.807, 2.05) is 51.1 Å². The van der Waals surface area contributed by atoms with Crippen molar-refractivity contribution in [2.45, 2.75) is 71.2 Å². The van der Waals surface area contributed by atoms with Crippen LogP contribution in [-0.2, 0) is 20.7 Å². The second-order valence-corrected chi connectivity index (χ2v) is 12.0. The number of alkyl carbamates (subject to hydrolysis) is 1. The number of nitrogens with one attached hydrogen (secondary N) is 2. The van der Waals surface area contributed by atoms with Crippen LogP contribution in [0, 0.1) is 0 Å². The summed E-state index contributed by atoms with van der Waals surface area (Å²) in [5, 5.41) is 16.0. The van der Waals surface area contributed by atoms with Gasteiger partial charge < -0.3 is 30.1 Å². The van der Waals surface area contributed by atoms with Crippen LogP contribution >= 0.6 is 0 Å². The first-order valence-corrected chi connectivity index (χ1v) is 13.8. The maximum atomic E-state index is 14.5. The Morgan fingerprint density at radius 3 is 2.07 bits per heavy atom. The molecule has 0 saturated heterocycles. The number of phenols is 1. The number of phenolic OH excluding ortho intramolecular Hbond substituents is 1. The minimum atomic E-state index is -1.16. The summed E-state index contributed by atoms with van der Waals surface area (Å²) in [6.45, 7) is 10.7. The number of amides is 3. The molecule has 0 aliphatic heterocycles. The van der Waals surface area contributed by atoms with Crippen LogP contribution in [0.25, 0.3) is 0 Å². The predicted molar refractivity (Wildman–Crippen MR) is 162 cm³/mol. The summed E-state index contributed by atoms with van der Waals surface area (Å²) in [6.07, 6.45) is -0.583. The average Bonchev–Trinajstić information content (AvgIpc) is 2.90. The molecule has 0 spiro atoms. The van der Waals surface area contributed by atoms with E-state index < -0.39 is 41.1 Å². The zero-order chi connectivity index (χ0) is 31.1. The number of methoxy groups -OCH3 is 1. The predicted octanol–water partition coefficient (Wildman–Crippen LogP) is 5.84. The van der Waals surface area contributed by atoms with Gasteiger partial charge in [0.15, 0.2) is 0 Å². The highest BCUT2D eigenvalue weighted by Crippen LogP contribution is 2.33. The number of aromatic hydroxyl groups is 1. The molecular formula is C33H41N3O6. The highest BCUT2D eigenvalue weighted by molar-refractivity contribution is 5.99. The van der Waals surface area contributed by atoms with E-state index in [0.29, 0.717) is 17.0 Å². The number of anilines is 1. The summed E-state index contributed by atoms with van der Waals surface area (Å²) in [4.78, 5) is 42.9. The van der Waals surface area contributed by atoms with Crippen molar-refractivity contribution in [1.82, 2.24) is 10.2 Å². The van der Waals surface area contributed by atoms with Gasteiger partial charge >= 0.3 is 6.09 Å². The fourth-order valence-electron chi connectivity index (χ4n) is 4.51. The van der Waals surface area contributed by atoms with Gasteiger partial charge in [-0.1, -0.05) is 42.5 Å². The number of hydrogen-bond acceptors (Lipinski definition) is 6. The molecule has 2 atom stereocenters. The Morgan fingerprint density at radius 2 is 1.52 bits per heavy atom. The normalized spacial score (nSPS) is 12.9. The SMILES string of the molecule is COc1ccc(NC(=O)C(c2cccc(O)c2)N(C(=O)C(Cc2ccccc2)NC(=O)OC(C)(C)C)C(C)(C)C)cc1. The van der Waals surface area contributed by atoms with Gasteiger partial charge in [-0.2, -0.15) is 0 Å². The van der Waals surface area contributed by atoms with E-state index in [9.17, 15) is 19.5 Å². The third-order valence-electron chi connectivity index (χ3n) is 6.28. The molecule has 9 nitrogen and oxygen atoms in total. The molecule has 2 unspecified atom stereocenters. The second-order valence-electron chi connectivity index (χ2n) is 12.0. The summed E-state index contributed by atoms with van der Waals surface area (Å²) < 4.78 is 10.7. The van der Waals surface area contributed by atoms with E-state index in [1.54, 1.807) is 64.3 Å². The maximum absolute atomic E-state index is 14.5.